The van der Waals surface area contributed by atoms with Crippen LogP contribution in [0.25, 0.3) is 0 Å². The third-order valence-electron chi connectivity index (χ3n) is 2.66. The van der Waals surface area contributed by atoms with E-state index in [1.54, 1.807) is 11.6 Å². The molecule has 0 spiro atoms. The second-order valence-electron chi connectivity index (χ2n) is 3.51. The molecule has 0 aromatic carbocycles. The molecule has 2 N–H and O–H groups in total. The molecule has 1 aromatic heterocycles. The van der Waals surface area contributed by atoms with E-state index in [-0.39, 0.29) is 5.56 Å². The molecular formula is C10H14N2O2. The summed E-state index contributed by atoms with van der Waals surface area (Å²) in [5, 5.41) is 0. The van der Waals surface area contributed by atoms with Crippen LogP contribution in [0.1, 0.15) is 16.8 Å². The first-order valence-electron chi connectivity index (χ1n) is 4.72. The summed E-state index contributed by atoms with van der Waals surface area (Å²) >= 11 is 0. The Labute approximate surface area is 82.3 Å². The van der Waals surface area contributed by atoms with Crippen molar-refractivity contribution in [3.63, 3.8) is 0 Å². The minimum absolute atomic E-state index is 0.0214. The predicted octanol–water partition coefficient (Wildman–Crippen LogP) is -0.0833. The number of pyridine rings is 1. The number of rotatable bonds is 1. The number of hydrogen-bond donors (Lipinski definition) is 1. The number of hydrogen-bond acceptors (Lipinski definition) is 3. The van der Waals surface area contributed by atoms with E-state index in [0.717, 1.165) is 17.7 Å². The van der Waals surface area contributed by atoms with Gasteiger partial charge in [-0.15, -0.1) is 0 Å². The van der Waals surface area contributed by atoms with Crippen LogP contribution < -0.4 is 11.3 Å². The molecule has 0 saturated heterocycles. The summed E-state index contributed by atoms with van der Waals surface area (Å²) in [6.07, 6.45) is 0.811. The summed E-state index contributed by atoms with van der Waals surface area (Å²) < 4.78 is 7.03. The van der Waals surface area contributed by atoms with Crippen molar-refractivity contribution >= 4 is 0 Å². The summed E-state index contributed by atoms with van der Waals surface area (Å²) in [4.78, 5) is 11.7. The van der Waals surface area contributed by atoms with Gasteiger partial charge < -0.3 is 15.0 Å². The van der Waals surface area contributed by atoms with Gasteiger partial charge in [0.05, 0.1) is 13.2 Å². The molecule has 0 fully saturated rings. The smallest absolute Gasteiger partial charge is 0.254 e. The Morgan fingerprint density at radius 1 is 1.64 bits per heavy atom. The molecule has 2 heterocycles. The maximum atomic E-state index is 11.7. The normalized spacial score (nSPS) is 15.3. The molecule has 76 valence electrons. The van der Waals surface area contributed by atoms with Crippen molar-refractivity contribution in [3.05, 3.63) is 33.2 Å². The van der Waals surface area contributed by atoms with Crippen LogP contribution in [0.2, 0.25) is 0 Å². The SMILES string of the molecule is Cn1c2c(cc(CN)c1=O)COCC2. The lowest BCUT2D eigenvalue weighted by Crippen LogP contribution is -2.29. The highest BCUT2D eigenvalue weighted by atomic mass is 16.5. The van der Waals surface area contributed by atoms with Gasteiger partial charge in [-0.05, 0) is 11.6 Å². The highest BCUT2D eigenvalue weighted by Gasteiger charge is 2.15. The molecule has 1 aliphatic rings. The van der Waals surface area contributed by atoms with Gasteiger partial charge in [-0.1, -0.05) is 0 Å². The molecule has 0 saturated carbocycles. The van der Waals surface area contributed by atoms with Crippen LogP contribution in [-0.4, -0.2) is 11.2 Å². The highest BCUT2D eigenvalue weighted by Crippen LogP contribution is 2.15. The van der Waals surface area contributed by atoms with E-state index in [4.69, 9.17) is 10.5 Å². The number of aromatic nitrogens is 1. The number of nitrogens with zero attached hydrogens (tertiary/aromatic N) is 1. The third kappa shape index (κ3) is 1.36. The van der Waals surface area contributed by atoms with E-state index < -0.39 is 0 Å². The molecule has 2 rings (SSSR count). The van der Waals surface area contributed by atoms with Crippen molar-refractivity contribution < 1.29 is 4.74 Å². The van der Waals surface area contributed by atoms with Crippen LogP contribution in [0.3, 0.4) is 0 Å². The van der Waals surface area contributed by atoms with Crippen molar-refractivity contribution in [2.75, 3.05) is 6.61 Å². The minimum Gasteiger partial charge on any atom is -0.376 e. The molecule has 1 aliphatic heterocycles. The molecule has 0 atom stereocenters. The Morgan fingerprint density at radius 3 is 3.14 bits per heavy atom. The average Bonchev–Trinajstić information content (AvgIpc) is 2.23. The lowest BCUT2D eigenvalue weighted by molar-refractivity contribution is 0.107. The summed E-state index contributed by atoms with van der Waals surface area (Å²) in [5.74, 6) is 0. The summed E-state index contributed by atoms with van der Waals surface area (Å²) in [7, 11) is 1.80. The molecule has 14 heavy (non-hydrogen) atoms. The zero-order valence-corrected chi connectivity index (χ0v) is 8.25. The molecule has 4 heteroatoms. The topological polar surface area (TPSA) is 57.2 Å². The van der Waals surface area contributed by atoms with Gasteiger partial charge in [0.25, 0.3) is 5.56 Å². The number of ether oxygens (including phenoxy) is 1. The average molecular weight is 194 g/mol. The molecular weight excluding hydrogens is 180 g/mol. The van der Waals surface area contributed by atoms with Crippen LogP contribution in [0, 0.1) is 0 Å². The fourth-order valence-electron chi connectivity index (χ4n) is 1.86. The summed E-state index contributed by atoms with van der Waals surface area (Å²) in [6, 6.07) is 1.87. The van der Waals surface area contributed by atoms with Gasteiger partial charge in [-0.2, -0.15) is 0 Å². The lowest BCUT2D eigenvalue weighted by Gasteiger charge is -2.20. The van der Waals surface area contributed by atoms with Crippen molar-refractivity contribution in [2.24, 2.45) is 12.8 Å². The first-order valence-corrected chi connectivity index (χ1v) is 4.72. The lowest BCUT2D eigenvalue weighted by atomic mass is 10.1. The van der Waals surface area contributed by atoms with Gasteiger partial charge in [0.1, 0.15) is 0 Å². The standard InChI is InChI=1S/C10H14N2O2/c1-12-9-2-3-14-6-8(9)4-7(5-11)10(12)13/h4H,2-3,5-6,11H2,1H3. The molecule has 4 nitrogen and oxygen atoms in total. The van der Waals surface area contributed by atoms with Crippen molar-refractivity contribution in [1.82, 2.24) is 4.57 Å². The van der Waals surface area contributed by atoms with Crippen LogP contribution in [-0.2, 0) is 31.4 Å². The van der Waals surface area contributed by atoms with Crippen LogP contribution >= 0.6 is 0 Å². The van der Waals surface area contributed by atoms with E-state index >= 15 is 0 Å². The van der Waals surface area contributed by atoms with Crippen LogP contribution in [0.15, 0.2) is 10.9 Å². The monoisotopic (exact) mass is 194 g/mol. The van der Waals surface area contributed by atoms with Crippen LogP contribution in [0.5, 0.6) is 0 Å². The van der Waals surface area contributed by atoms with E-state index in [2.05, 4.69) is 0 Å². The summed E-state index contributed by atoms with van der Waals surface area (Å²) in [6.45, 7) is 1.58. The molecule has 1 aromatic rings. The largest absolute Gasteiger partial charge is 0.376 e. The Kier molecular flexibility index (Phi) is 2.39. The van der Waals surface area contributed by atoms with Gasteiger partial charge >= 0.3 is 0 Å². The van der Waals surface area contributed by atoms with Gasteiger partial charge in [-0.3, -0.25) is 4.79 Å². The van der Waals surface area contributed by atoms with Gasteiger partial charge in [0.15, 0.2) is 0 Å². The zero-order valence-electron chi connectivity index (χ0n) is 8.25. The summed E-state index contributed by atoms with van der Waals surface area (Å²) in [5.41, 5.74) is 8.36. The fourth-order valence-corrected chi connectivity index (χ4v) is 1.86. The maximum Gasteiger partial charge on any atom is 0.254 e. The molecule has 0 bridgehead atoms. The van der Waals surface area contributed by atoms with Crippen LogP contribution in [0.4, 0.5) is 0 Å². The number of fused-ring (bicyclic) bond motifs is 1. The second kappa shape index (κ2) is 3.55. The Morgan fingerprint density at radius 2 is 2.43 bits per heavy atom. The molecule has 0 aliphatic carbocycles. The van der Waals surface area contributed by atoms with E-state index in [0.29, 0.717) is 25.3 Å². The predicted molar refractivity (Wildman–Crippen MR) is 52.9 cm³/mol. The zero-order chi connectivity index (χ0) is 10.1. The van der Waals surface area contributed by atoms with E-state index in [1.807, 2.05) is 6.07 Å². The van der Waals surface area contributed by atoms with Gasteiger partial charge in [0, 0.05) is 31.3 Å². The number of nitrogens with two attached hydrogens (primary N) is 1. The maximum absolute atomic E-state index is 11.7. The van der Waals surface area contributed by atoms with Gasteiger partial charge in [-0.25, -0.2) is 0 Å². The van der Waals surface area contributed by atoms with Crippen molar-refractivity contribution in [3.8, 4) is 0 Å². The Balaban J connectivity index is 2.63. The van der Waals surface area contributed by atoms with Crippen molar-refractivity contribution in [1.29, 1.82) is 0 Å². The van der Waals surface area contributed by atoms with Crippen molar-refractivity contribution in [2.45, 2.75) is 19.6 Å². The minimum atomic E-state index is 0.0214. The molecule has 0 amide bonds. The fraction of sp³-hybridized carbons (Fsp3) is 0.500. The first kappa shape index (κ1) is 9.43. The third-order valence-corrected chi connectivity index (χ3v) is 2.66. The Hall–Kier alpha value is -1.13. The molecule has 0 unspecified atom stereocenters. The van der Waals surface area contributed by atoms with E-state index in [1.165, 1.54) is 0 Å². The Bertz CT molecular complexity index is 409. The van der Waals surface area contributed by atoms with Gasteiger partial charge in [0.2, 0.25) is 0 Å². The molecule has 0 radical (unpaired) electrons. The second-order valence-corrected chi connectivity index (χ2v) is 3.51. The van der Waals surface area contributed by atoms with E-state index in [9.17, 15) is 4.79 Å². The highest BCUT2D eigenvalue weighted by molar-refractivity contribution is 5.27. The quantitative estimate of drug-likeness (QED) is 0.680. The first-order chi connectivity index (χ1) is 6.74.